The van der Waals surface area contributed by atoms with Gasteiger partial charge in [0, 0.05) is 0 Å². The average Bonchev–Trinajstić information content (AvgIpc) is 2.63. The summed E-state index contributed by atoms with van der Waals surface area (Å²) in [7, 11) is 0. The summed E-state index contributed by atoms with van der Waals surface area (Å²) in [6, 6.07) is -1.60. The van der Waals surface area contributed by atoms with Crippen LogP contribution in [-0.2, 0) is 19.2 Å². The summed E-state index contributed by atoms with van der Waals surface area (Å²) < 4.78 is 0. The normalized spacial score (nSPS) is 12.7. The summed E-state index contributed by atoms with van der Waals surface area (Å²) in [4.78, 5) is 46.4. The quantitative estimate of drug-likeness (QED) is 0.147. The molecule has 0 heterocycles. The minimum absolute atomic E-state index is 0.348. The number of carbonyl (C=O) groups excluding carboxylic acids is 3. The van der Waals surface area contributed by atoms with E-state index in [1.54, 1.807) is 0 Å². The number of amides is 3. The Bertz CT molecular complexity index is 488. The van der Waals surface area contributed by atoms with E-state index in [-0.39, 0.29) is 0 Å². The first-order chi connectivity index (χ1) is 12.8. The van der Waals surface area contributed by atoms with Gasteiger partial charge in [0.15, 0.2) is 0 Å². The minimum Gasteiger partial charge on any atom is -0.480 e. The van der Waals surface area contributed by atoms with E-state index < -0.39 is 48.9 Å². The van der Waals surface area contributed by atoms with E-state index in [1.165, 1.54) is 0 Å². The van der Waals surface area contributed by atoms with Crippen LogP contribution in [0.25, 0.3) is 0 Å². The molecule has 0 aromatic heterocycles. The Kier molecular flexibility index (Phi) is 13.6. The number of hydrogen-bond acceptors (Lipinski definition) is 7. The molecule has 0 saturated heterocycles. The van der Waals surface area contributed by atoms with E-state index in [9.17, 15) is 19.2 Å². The number of hydrogen-bond donors (Lipinski definition) is 7. The van der Waals surface area contributed by atoms with Crippen molar-refractivity contribution in [3.8, 4) is 0 Å². The zero-order valence-electron chi connectivity index (χ0n) is 15.5. The molecule has 0 bridgehead atoms. The smallest absolute Gasteiger partial charge is 0.322 e. The number of unbranched alkanes of at least 4 members (excludes halogenated alkanes) is 2. The molecular formula is C16H32N6O5. The third-order valence-electron chi connectivity index (χ3n) is 3.75. The molecule has 0 spiro atoms. The number of aliphatic carboxylic acids is 1. The summed E-state index contributed by atoms with van der Waals surface area (Å²) in [5.41, 5.74) is 16.7. The maximum absolute atomic E-state index is 12.3. The van der Waals surface area contributed by atoms with Gasteiger partial charge in [-0.25, -0.2) is 0 Å². The predicted molar refractivity (Wildman–Crippen MR) is 99.4 cm³/mol. The summed E-state index contributed by atoms with van der Waals surface area (Å²) in [6.07, 6.45) is 3.56. The Labute approximate surface area is 158 Å². The van der Waals surface area contributed by atoms with Crippen molar-refractivity contribution in [2.45, 2.75) is 50.6 Å². The standard InChI is InChI=1S/C16H32N6O5/c17-7-3-1-5-11(19)15(26)22-12(6-2-4-8-18)16(27)21-9-13(23)20-10-14(24)25/h11-12H,1-10,17-19H2,(H,20,23)(H,21,27)(H,22,26)(H,24,25). The molecule has 0 radical (unpaired) electrons. The van der Waals surface area contributed by atoms with Crippen molar-refractivity contribution in [1.82, 2.24) is 16.0 Å². The van der Waals surface area contributed by atoms with Crippen LogP contribution in [0.5, 0.6) is 0 Å². The highest BCUT2D eigenvalue weighted by Crippen LogP contribution is 2.03. The van der Waals surface area contributed by atoms with Gasteiger partial charge < -0.3 is 38.3 Å². The minimum atomic E-state index is -1.19. The lowest BCUT2D eigenvalue weighted by atomic mass is 10.1. The molecule has 27 heavy (non-hydrogen) atoms. The Hall–Kier alpha value is -2.24. The predicted octanol–water partition coefficient (Wildman–Crippen LogP) is -2.63. The van der Waals surface area contributed by atoms with Crippen LogP contribution in [0.4, 0.5) is 0 Å². The molecule has 2 unspecified atom stereocenters. The van der Waals surface area contributed by atoms with E-state index >= 15 is 0 Å². The molecule has 156 valence electrons. The average molecular weight is 388 g/mol. The van der Waals surface area contributed by atoms with E-state index in [0.717, 1.165) is 6.42 Å². The van der Waals surface area contributed by atoms with Crippen LogP contribution < -0.4 is 33.2 Å². The molecule has 0 aliphatic heterocycles. The molecular weight excluding hydrogens is 356 g/mol. The first-order valence-electron chi connectivity index (χ1n) is 9.04. The fraction of sp³-hybridized carbons (Fsp3) is 0.750. The van der Waals surface area contributed by atoms with Crippen LogP contribution in [0, 0.1) is 0 Å². The Morgan fingerprint density at radius 1 is 0.815 bits per heavy atom. The molecule has 0 aromatic rings. The second kappa shape index (κ2) is 14.9. The molecule has 0 fully saturated rings. The second-order valence-electron chi connectivity index (χ2n) is 6.12. The molecule has 2 atom stereocenters. The largest absolute Gasteiger partial charge is 0.480 e. The fourth-order valence-electron chi connectivity index (χ4n) is 2.21. The van der Waals surface area contributed by atoms with Crippen LogP contribution in [-0.4, -0.2) is 67.1 Å². The summed E-state index contributed by atoms with van der Waals surface area (Å²) in [5, 5.41) is 15.6. The van der Waals surface area contributed by atoms with Crippen LogP contribution in [0.3, 0.4) is 0 Å². The van der Waals surface area contributed by atoms with Crippen molar-refractivity contribution >= 4 is 23.7 Å². The number of nitrogens with one attached hydrogen (secondary N) is 3. The van der Waals surface area contributed by atoms with E-state index in [1.807, 2.05) is 0 Å². The zero-order valence-corrected chi connectivity index (χ0v) is 15.5. The highest BCUT2D eigenvalue weighted by atomic mass is 16.4. The zero-order chi connectivity index (χ0) is 20.7. The van der Waals surface area contributed by atoms with Gasteiger partial charge in [0.05, 0.1) is 12.6 Å². The molecule has 11 nitrogen and oxygen atoms in total. The monoisotopic (exact) mass is 388 g/mol. The SMILES string of the molecule is NCCCCC(N)C(=O)NC(CCCCN)C(=O)NCC(=O)NCC(=O)O. The first-order valence-corrected chi connectivity index (χ1v) is 9.04. The summed E-state index contributed by atoms with van der Waals surface area (Å²) in [6.45, 7) is 0.0435. The molecule has 0 aromatic carbocycles. The third-order valence-corrected chi connectivity index (χ3v) is 3.75. The molecule has 3 amide bonds. The van der Waals surface area contributed by atoms with Gasteiger partial charge in [0.2, 0.25) is 17.7 Å². The maximum Gasteiger partial charge on any atom is 0.322 e. The summed E-state index contributed by atoms with van der Waals surface area (Å²) in [5.74, 6) is -2.82. The van der Waals surface area contributed by atoms with Crippen molar-refractivity contribution in [2.24, 2.45) is 17.2 Å². The molecule has 0 aliphatic carbocycles. The van der Waals surface area contributed by atoms with Gasteiger partial charge in [0.1, 0.15) is 12.6 Å². The highest BCUT2D eigenvalue weighted by Gasteiger charge is 2.23. The number of carbonyl (C=O) groups is 4. The molecule has 0 rings (SSSR count). The highest BCUT2D eigenvalue weighted by molar-refractivity contribution is 5.92. The van der Waals surface area contributed by atoms with Gasteiger partial charge in [-0.05, 0) is 45.2 Å². The van der Waals surface area contributed by atoms with Gasteiger partial charge in [-0.15, -0.1) is 0 Å². The fourth-order valence-corrected chi connectivity index (χ4v) is 2.21. The van der Waals surface area contributed by atoms with Gasteiger partial charge in [-0.1, -0.05) is 6.42 Å². The van der Waals surface area contributed by atoms with Crippen molar-refractivity contribution in [3.05, 3.63) is 0 Å². The van der Waals surface area contributed by atoms with Gasteiger partial charge >= 0.3 is 5.97 Å². The number of carboxylic acids is 1. The number of carboxylic acid groups (broad SMARTS) is 1. The third kappa shape index (κ3) is 12.7. The second-order valence-corrected chi connectivity index (χ2v) is 6.12. The van der Waals surface area contributed by atoms with Crippen LogP contribution >= 0.6 is 0 Å². The van der Waals surface area contributed by atoms with E-state index in [0.29, 0.717) is 45.2 Å². The van der Waals surface area contributed by atoms with Crippen LogP contribution in [0.1, 0.15) is 38.5 Å². The van der Waals surface area contributed by atoms with Crippen molar-refractivity contribution < 1.29 is 24.3 Å². The van der Waals surface area contributed by atoms with Gasteiger partial charge in [-0.3, -0.25) is 19.2 Å². The van der Waals surface area contributed by atoms with Gasteiger partial charge in [-0.2, -0.15) is 0 Å². The van der Waals surface area contributed by atoms with Crippen molar-refractivity contribution in [3.63, 3.8) is 0 Å². The van der Waals surface area contributed by atoms with E-state index in [2.05, 4.69) is 16.0 Å². The molecule has 10 N–H and O–H groups in total. The Morgan fingerprint density at radius 3 is 1.96 bits per heavy atom. The molecule has 11 heteroatoms. The lowest BCUT2D eigenvalue weighted by Gasteiger charge is -2.20. The molecule has 0 aliphatic rings. The Balaban J connectivity index is 4.58. The number of nitrogens with two attached hydrogens (primary N) is 3. The van der Waals surface area contributed by atoms with E-state index in [4.69, 9.17) is 22.3 Å². The molecule has 0 saturated carbocycles. The number of rotatable bonds is 15. The topological polar surface area (TPSA) is 203 Å². The van der Waals surface area contributed by atoms with Gasteiger partial charge in [0.25, 0.3) is 0 Å². The van der Waals surface area contributed by atoms with Crippen molar-refractivity contribution in [1.29, 1.82) is 0 Å². The van der Waals surface area contributed by atoms with Crippen LogP contribution in [0.2, 0.25) is 0 Å². The maximum atomic E-state index is 12.3. The Morgan fingerprint density at radius 2 is 1.41 bits per heavy atom. The lowest BCUT2D eigenvalue weighted by molar-refractivity contribution is -0.138. The first kappa shape index (κ1) is 24.8. The summed E-state index contributed by atoms with van der Waals surface area (Å²) >= 11 is 0. The van der Waals surface area contributed by atoms with Crippen molar-refractivity contribution in [2.75, 3.05) is 26.2 Å². The van der Waals surface area contributed by atoms with Crippen LogP contribution in [0.15, 0.2) is 0 Å². The lowest BCUT2D eigenvalue weighted by Crippen LogP contribution is -2.52.